The zero-order valence-corrected chi connectivity index (χ0v) is 13.0. The second-order valence-corrected chi connectivity index (χ2v) is 5.30. The first-order valence-electron chi connectivity index (χ1n) is 7.49. The molecule has 7 heteroatoms. The fourth-order valence-corrected chi connectivity index (χ4v) is 2.41. The lowest BCUT2D eigenvalue weighted by Crippen LogP contribution is -2.20. The van der Waals surface area contributed by atoms with Crippen LogP contribution in [0.5, 0.6) is 0 Å². The van der Waals surface area contributed by atoms with E-state index < -0.39 is 0 Å². The number of hydrogen-bond acceptors (Lipinski definition) is 5. The van der Waals surface area contributed by atoms with Crippen molar-refractivity contribution in [3.63, 3.8) is 0 Å². The van der Waals surface area contributed by atoms with Gasteiger partial charge >= 0.3 is 0 Å². The third kappa shape index (κ3) is 3.45. The molecule has 2 heterocycles. The average molecular weight is 315 g/mol. The molecule has 0 radical (unpaired) electrons. The van der Waals surface area contributed by atoms with Gasteiger partial charge in [-0.25, -0.2) is 4.39 Å². The highest BCUT2D eigenvalue weighted by Crippen LogP contribution is 2.22. The first-order chi connectivity index (χ1) is 11.2. The number of aromatic amines is 1. The number of aromatic nitrogens is 4. The van der Waals surface area contributed by atoms with Gasteiger partial charge in [0.1, 0.15) is 5.82 Å². The second kappa shape index (κ2) is 6.70. The van der Waals surface area contributed by atoms with Gasteiger partial charge in [0.2, 0.25) is 5.89 Å². The number of rotatable bonds is 6. The molecule has 0 fully saturated rings. The largest absolute Gasteiger partial charge is 0.338 e. The Labute approximate surface area is 133 Å². The predicted molar refractivity (Wildman–Crippen MR) is 82.9 cm³/mol. The third-order valence-corrected chi connectivity index (χ3v) is 3.64. The topological polar surface area (TPSA) is 79.6 Å². The molecular weight excluding hydrogens is 297 g/mol. The van der Waals surface area contributed by atoms with E-state index in [0.29, 0.717) is 18.3 Å². The standard InChI is InChI=1S/C16H18FN5O/c1-3-14(16-20-10(2)22-23-16)18-8-12-9-19-21-15(12)11-4-6-13(17)7-5-11/h4-7,9,14,18H,3,8H2,1-2H3,(H,19,21)/t14-/m1/s1. The summed E-state index contributed by atoms with van der Waals surface area (Å²) in [5.41, 5.74) is 2.75. The van der Waals surface area contributed by atoms with Crippen molar-refractivity contribution in [1.82, 2.24) is 25.7 Å². The maximum Gasteiger partial charge on any atom is 0.243 e. The number of hydrogen-bond donors (Lipinski definition) is 2. The quantitative estimate of drug-likeness (QED) is 0.730. The van der Waals surface area contributed by atoms with Crippen LogP contribution in [-0.2, 0) is 6.54 Å². The van der Waals surface area contributed by atoms with Gasteiger partial charge < -0.3 is 9.84 Å². The monoisotopic (exact) mass is 315 g/mol. The molecule has 0 saturated heterocycles. The van der Waals surface area contributed by atoms with Crippen LogP contribution < -0.4 is 5.32 Å². The molecule has 1 aromatic carbocycles. The lowest BCUT2D eigenvalue weighted by molar-refractivity contribution is 0.323. The molecule has 0 spiro atoms. The Kier molecular flexibility index (Phi) is 4.47. The summed E-state index contributed by atoms with van der Waals surface area (Å²) in [6.45, 7) is 4.43. The van der Waals surface area contributed by atoms with E-state index in [2.05, 4.69) is 25.7 Å². The number of H-pyrrole nitrogens is 1. The van der Waals surface area contributed by atoms with Gasteiger partial charge in [0.25, 0.3) is 0 Å². The molecular formula is C16H18FN5O. The summed E-state index contributed by atoms with van der Waals surface area (Å²) < 4.78 is 18.3. The molecule has 0 unspecified atom stereocenters. The Hall–Kier alpha value is -2.54. The SMILES string of the molecule is CC[C@@H](NCc1cn[nH]c1-c1ccc(F)cc1)c1nc(C)no1. The molecule has 2 N–H and O–H groups in total. The highest BCUT2D eigenvalue weighted by molar-refractivity contribution is 5.62. The molecule has 0 aliphatic heterocycles. The molecule has 0 saturated carbocycles. The van der Waals surface area contributed by atoms with Crippen molar-refractivity contribution >= 4 is 0 Å². The zero-order chi connectivity index (χ0) is 16.2. The van der Waals surface area contributed by atoms with E-state index in [4.69, 9.17) is 4.52 Å². The number of benzene rings is 1. The summed E-state index contributed by atoms with van der Waals surface area (Å²) in [5, 5.41) is 14.3. The summed E-state index contributed by atoms with van der Waals surface area (Å²) in [7, 11) is 0. The molecule has 0 bridgehead atoms. The van der Waals surface area contributed by atoms with Crippen molar-refractivity contribution in [3.8, 4) is 11.3 Å². The fraction of sp³-hybridized carbons (Fsp3) is 0.312. The Morgan fingerprint density at radius 3 is 2.74 bits per heavy atom. The van der Waals surface area contributed by atoms with Gasteiger partial charge in [0, 0.05) is 17.7 Å². The molecule has 2 aromatic heterocycles. The van der Waals surface area contributed by atoms with Crippen LogP contribution >= 0.6 is 0 Å². The zero-order valence-electron chi connectivity index (χ0n) is 13.0. The molecule has 23 heavy (non-hydrogen) atoms. The van der Waals surface area contributed by atoms with Gasteiger partial charge in [-0.2, -0.15) is 10.1 Å². The van der Waals surface area contributed by atoms with Crippen molar-refractivity contribution in [2.24, 2.45) is 0 Å². The van der Waals surface area contributed by atoms with Crippen molar-refractivity contribution in [3.05, 3.63) is 53.6 Å². The van der Waals surface area contributed by atoms with Crippen LogP contribution in [0.1, 0.15) is 36.7 Å². The first-order valence-corrected chi connectivity index (χ1v) is 7.49. The molecule has 0 amide bonds. The Bertz CT molecular complexity index is 765. The van der Waals surface area contributed by atoms with E-state index in [1.165, 1.54) is 12.1 Å². The van der Waals surface area contributed by atoms with E-state index in [1.54, 1.807) is 25.3 Å². The molecule has 3 rings (SSSR count). The Balaban J connectivity index is 1.73. The molecule has 0 aliphatic rings. The van der Waals surface area contributed by atoms with Crippen LogP contribution in [0.2, 0.25) is 0 Å². The molecule has 0 aliphatic carbocycles. The molecule has 3 aromatic rings. The molecule has 1 atom stereocenters. The third-order valence-electron chi connectivity index (χ3n) is 3.64. The van der Waals surface area contributed by atoms with Gasteiger partial charge in [-0.05, 0) is 37.6 Å². The summed E-state index contributed by atoms with van der Waals surface area (Å²) >= 11 is 0. The van der Waals surface area contributed by atoms with Gasteiger partial charge in [0.15, 0.2) is 5.82 Å². The van der Waals surface area contributed by atoms with Crippen molar-refractivity contribution in [2.75, 3.05) is 0 Å². The number of aryl methyl sites for hydroxylation is 1. The molecule has 120 valence electrons. The van der Waals surface area contributed by atoms with Gasteiger partial charge in [-0.15, -0.1) is 0 Å². The van der Waals surface area contributed by atoms with Crippen molar-refractivity contribution in [2.45, 2.75) is 32.9 Å². The highest BCUT2D eigenvalue weighted by atomic mass is 19.1. The van der Waals surface area contributed by atoms with E-state index >= 15 is 0 Å². The van der Waals surface area contributed by atoms with Crippen LogP contribution in [0.4, 0.5) is 4.39 Å². The van der Waals surface area contributed by atoms with E-state index in [9.17, 15) is 4.39 Å². The second-order valence-electron chi connectivity index (χ2n) is 5.30. The minimum absolute atomic E-state index is 0.0211. The van der Waals surface area contributed by atoms with Crippen LogP contribution in [0, 0.1) is 12.7 Å². The van der Waals surface area contributed by atoms with E-state index in [1.807, 2.05) is 6.92 Å². The van der Waals surface area contributed by atoms with Crippen LogP contribution in [0.15, 0.2) is 35.0 Å². The Morgan fingerprint density at radius 1 is 1.30 bits per heavy atom. The summed E-state index contributed by atoms with van der Waals surface area (Å²) in [6.07, 6.45) is 2.59. The molecule has 6 nitrogen and oxygen atoms in total. The number of nitrogens with one attached hydrogen (secondary N) is 2. The predicted octanol–water partition coefficient (Wildman–Crippen LogP) is 3.15. The maximum absolute atomic E-state index is 13.1. The van der Waals surface area contributed by atoms with Crippen molar-refractivity contribution < 1.29 is 8.91 Å². The lowest BCUT2D eigenvalue weighted by Gasteiger charge is -2.12. The van der Waals surface area contributed by atoms with Gasteiger partial charge in [-0.1, -0.05) is 12.1 Å². The summed E-state index contributed by atoms with van der Waals surface area (Å²) in [6, 6.07) is 6.30. The summed E-state index contributed by atoms with van der Waals surface area (Å²) in [5.74, 6) is 0.943. The van der Waals surface area contributed by atoms with E-state index in [-0.39, 0.29) is 11.9 Å². The first kappa shape index (κ1) is 15.4. The van der Waals surface area contributed by atoms with Crippen molar-refractivity contribution in [1.29, 1.82) is 0 Å². The van der Waals surface area contributed by atoms with Crippen LogP contribution in [0.3, 0.4) is 0 Å². The minimum Gasteiger partial charge on any atom is -0.338 e. The normalized spacial score (nSPS) is 12.5. The summed E-state index contributed by atoms with van der Waals surface area (Å²) in [4.78, 5) is 4.27. The maximum atomic E-state index is 13.1. The minimum atomic E-state index is -0.259. The van der Waals surface area contributed by atoms with Crippen LogP contribution in [-0.4, -0.2) is 20.3 Å². The Morgan fingerprint density at radius 2 is 2.09 bits per heavy atom. The number of halogens is 1. The van der Waals surface area contributed by atoms with Crippen LogP contribution in [0.25, 0.3) is 11.3 Å². The lowest BCUT2D eigenvalue weighted by atomic mass is 10.1. The van der Waals surface area contributed by atoms with Gasteiger partial charge in [-0.3, -0.25) is 5.10 Å². The smallest absolute Gasteiger partial charge is 0.243 e. The highest BCUT2D eigenvalue weighted by Gasteiger charge is 2.17. The van der Waals surface area contributed by atoms with Gasteiger partial charge in [0.05, 0.1) is 17.9 Å². The fourth-order valence-electron chi connectivity index (χ4n) is 2.41. The average Bonchev–Trinajstić information content (AvgIpc) is 3.18. The van der Waals surface area contributed by atoms with E-state index in [0.717, 1.165) is 23.2 Å². The number of nitrogens with zero attached hydrogens (tertiary/aromatic N) is 3.